The van der Waals surface area contributed by atoms with E-state index in [0.29, 0.717) is 11.3 Å². The molecule has 1 atom stereocenters. The molecule has 0 saturated carbocycles. The highest BCUT2D eigenvalue weighted by Crippen LogP contribution is 2.17. The molecule has 1 aromatic heterocycles. The van der Waals surface area contributed by atoms with Crippen molar-refractivity contribution in [1.29, 1.82) is 0 Å². The number of carbonyl (C=O) groups is 1. The normalized spacial score (nSPS) is 21.8. The van der Waals surface area contributed by atoms with E-state index in [9.17, 15) is 4.79 Å². The van der Waals surface area contributed by atoms with Crippen LogP contribution in [0.2, 0.25) is 0 Å². The maximum atomic E-state index is 11.5. The van der Waals surface area contributed by atoms with Gasteiger partial charge in [-0.3, -0.25) is 4.79 Å². The van der Waals surface area contributed by atoms with E-state index in [1.54, 1.807) is 6.08 Å². The number of amides is 1. The van der Waals surface area contributed by atoms with Crippen molar-refractivity contribution in [2.24, 2.45) is 0 Å². The van der Waals surface area contributed by atoms with Crippen LogP contribution in [-0.2, 0) is 4.79 Å². The van der Waals surface area contributed by atoms with Crippen LogP contribution < -0.4 is 10.6 Å². The Balaban J connectivity index is 1.99. The number of thiol groups is 1. The van der Waals surface area contributed by atoms with Gasteiger partial charge in [-0.05, 0) is 23.8 Å². The minimum absolute atomic E-state index is 0.164. The number of aromatic nitrogens is 1. The van der Waals surface area contributed by atoms with Gasteiger partial charge in [0.05, 0.1) is 0 Å². The second-order valence-corrected chi connectivity index (χ2v) is 4.17. The number of nitrogens with one attached hydrogen (secondary N) is 2. The van der Waals surface area contributed by atoms with E-state index in [2.05, 4.69) is 28.2 Å². The largest absolute Gasteiger partial charge is 0.443 e. The molecule has 0 aliphatic carbocycles. The number of fused-ring (bicyclic) bond motifs is 1. The molecule has 1 aliphatic heterocycles. The summed E-state index contributed by atoms with van der Waals surface area (Å²) in [5.41, 5.74) is 2.52. The number of nitrogens with zero attached hydrogens (tertiary/aromatic N) is 1. The van der Waals surface area contributed by atoms with Gasteiger partial charge in [-0.2, -0.15) is 0 Å². The van der Waals surface area contributed by atoms with Gasteiger partial charge in [0.1, 0.15) is 16.7 Å². The van der Waals surface area contributed by atoms with Crippen LogP contribution >= 0.6 is 12.6 Å². The molecule has 2 heterocycles. The van der Waals surface area contributed by atoms with E-state index >= 15 is 0 Å². The summed E-state index contributed by atoms with van der Waals surface area (Å²) in [4.78, 5) is 15.5. The molecule has 17 heavy (non-hydrogen) atoms. The second-order valence-electron chi connectivity index (χ2n) is 3.66. The lowest BCUT2D eigenvalue weighted by molar-refractivity contribution is -0.116. The molecule has 0 bridgehead atoms. The van der Waals surface area contributed by atoms with Crippen LogP contribution in [0.5, 0.6) is 0 Å². The fourth-order valence-corrected chi connectivity index (χ4v) is 1.94. The molecular weight excluding hydrogens is 238 g/mol. The Labute approximate surface area is 102 Å². The predicted octanol–water partition coefficient (Wildman–Crippen LogP) is 1.10. The van der Waals surface area contributed by atoms with Gasteiger partial charge in [0.25, 0.3) is 5.91 Å². The highest BCUT2D eigenvalue weighted by molar-refractivity contribution is 7.80. The maximum absolute atomic E-state index is 11.5. The summed E-state index contributed by atoms with van der Waals surface area (Å²) in [7, 11) is 0. The zero-order chi connectivity index (χ0) is 11.8. The minimum atomic E-state index is -0.331. The first-order chi connectivity index (χ1) is 8.22. The van der Waals surface area contributed by atoms with E-state index in [1.807, 2.05) is 18.2 Å². The molecule has 2 aromatic rings. The molecule has 5 nitrogen and oxygen atoms in total. The highest BCUT2D eigenvalue weighted by atomic mass is 32.1. The predicted molar refractivity (Wildman–Crippen MR) is 66.0 cm³/mol. The third kappa shape index (κ3) is 1.87. The van der Waals surface area contributed by atoms with Crippen LogP contribution in [-0.4, -0.2) is 16.4 Å². The number of hydrogen-bond acceptors (Lipinski definition) is 5. The van der Waals surface area contributed by atoms with Gasteiger partial charge in [0, 0.05) is 0 Å². The number of carbonyl (C=O) groups excluding carboxylic acids is 1. The Kier molecular flexibility index (Phi) is 2.29. The molecule has 86 valence electrons. The maximum Gasteiger partial charge on any atom is 0.269 e. The second kappa shape index (κ2) is 3.81. The fraction of sp³-hybridized carbons (Fsp3) is 0.0909. The quantitative estimate of drug-likeness (QED) is 0.521. The van der Waals surface area contributed by atoms with Crippen LogP contribution in [0.3, 0.4) is 0 Å². The van der Waals surface area contributed by atoms with Crippen molar-refractivity contribution in [2.75, 3.05) is 0 Å². The van der Waals surface area contributed by atoms with E-state index in [-0.39, 0.29) is 11.4 Å². The summed E-state index contributed by atoms with van der Waals surface area (Å²) in [5, 5.41) is 5.54. The summed E-state index contributed by atoms with van der Waals surface area (Å²) >= 11 is 4.11. The monoisotopic (exact) mass is 247 g/mol. The molecule has 1 saturated heterocycles. The van der Waals surface area contributed by atoms with Gasteiger partial charge in [-0.25, -0.2) is 4.98 Å². The lowest BCUT2D eigenvalue weighted by Crippen LogP contribution is -2.25. The summed E-state index contributed by atoms with van der Waals surface area (Å²) < 4.78 is 5.19. The van der Waals surface area contributed by atoms with Crippen molar-refractivity contribution in [3.05, 3.63) is 35.9 Å². The first kappa shape index (κ1) is 10.2. The van der Waals surface area contributed by atoms with E-state index in [0.717, 1.165) is 11.1 Å². The Morgan fingerprint density at radius 1 is 1.41 bits per heavy atom. The third-order valence-electron chi connectivity index (χ3n) is 2.47. The number of oxazole rings is 1. The zero-order valence-electron chi connectivity index (χ0n) is 8.68. The van der Waals surface area contributed by atoms with Crippen LogP contribution in [0.15, 0.2) is 34.7 Å². The van der Waals surface area contributed by atoms with Crippen molar-refractivity contribution in [1.82, 2.24) is 15.6 Å². The number of hydrogen-bond donors (Lipinski definition) is 3. The van der Waals surface area contributed by atoms with E-state index in [1.165, 1.54) is 6.39 Å². The first-order valence-corrected chi connectivity index (χ1v) is 5.54. The Morgan fingerprint density at radius 3 is 3.06 bits per heavy atom. The lowest BCUT2D eigenvalue weighted by atomic mass is 10.2. The van der Waals surface area contributed by atoms with Gasteiger partial charge in [0.2, 0.25) is 0 Å². The molecule has 0 spiro atoms. The molecule has 3 rings (SSSR count). The SMILES string of the molecule is O=C1NC(S)N/C1=C\c1ccc2ncoc2c1. The Bertz CT molecular complexity index is 620. The fourth-order valence-electron chi connectivity index (χ4n) is 1.69. The van der Waals surface area contributed by atoms with Gasteiger partial charge >= 0.3 is 0 Å². The zero-order valence-corrected chi connectivity index (χ0v) is 9.57. The van der Waals surface area contributed by atoms with Crippen LogP contribution in [0, 0.1) is 0 Å². The van der Waals surface area contributed by atoms with Gasteiger partial charge in [-0.15, -0.1) is 12.6 Å². The molecule has 0 radical (unpaired) electrons. The van der Waals surface area contributed by atoms with E-state index < -0.39 is 0 Å². The summed E-state index contributed by atoms with van der Waals surface area (Å²) in [6, 6.07) is 5.55. The average molecular weight is 247 g/mol. The number of benzene rings is 1. The summed E-state index contributed by atoms with van der Waals surface area (Å²) in [6.07, 6.45) is 3.14. The van der Waals surface area contributed by atoms with Gasteiger partial charge in [0.15, 0.2) is 12.0 Å². The van der Waals surface area contributed by atoms with Gasteiger partial charge in [-0.1, -0.05) is 6.07 Å². The van der Waals surface area contributed by atoms with Crippen molar-refractivity contribution < 1.29 is 9.21 Å². The topological polar surface area (TPSA) is 67.2 Å². The van der Waals surface area contributed by atoms with Crippen molar-refractivity contribution in [3.8, 4) is 0 Å². The average Bonchev–Trinajstić information content (AvgIpc) is 2.85. The Morgan fingerprint density at radius 2 is 2.29 bits per heavy atom. The number of rotatable bonds is 1. The van der Waals surface area contributed by atoms with Crippen molar-refractivity contribution in [2.45, 2.75) is 5.50 Å². The highest BCUT2D eigenvalue weighted by Gasteiger charge is 2.21. The standard InChI is InChI=1S/C11H9N3O2S/c15-10-8(13-11(17)14-10)3-6-1-2-7-9(4-6)16-5-12-7/h1-5,11,13,17H,(H,14,15)/b8-3-. The first-order valence-electron chi connectivity index (χ1n) is 5.03. The van der Waals surface area contributed by atoms with Crippen molar-refractivity contribution in [3.63, 3.8) is 0 Å². The third-order valence-corrected chi connectivity index (χ3v) is 2.73. The van der Waals surface area contributed by atoms with Crippen molar-refractivity contribution >= 4 is 35.7 Å². The molecule has 1 unspecified atom stereocenters. The van der Waals surface area contributed by atoms with Crippen LogP contribution in [0.25, 0.3) is 17.2 Å². The smallest absolute Gasteiger partial charge is 0.269 e. The van der Waals surface area contributed by atoms with Crippen LogP contribution in [0.1, 0.15) is 5.56 Å². The molecule has 2 N–H and O–H groups in total. The molecule has 1 amide bonds. The molecule has 1 fully saturated rings. The lowest BCUT2D eigenvalue weighted by Gasteiger charge is -1.99. The van der Waals surface area contributed by atoms with Gasteiger partial charge < -0.3 is 15.1 Å². The molecule has 1 aliphatic rings. The molecule has 1 aromatic carbocycles. The molecule has 6 heteroatoms. The summed E-state index contributed by atoms with van der Waals surface area (Å²) in [6.45, 7) is 0. The summed E-state index contributed by atoms with van der Waals surface area (Å²) in [5.74, 6) is -0.164. The van der Waals surface area contributed by atoms with Crippen LogP contribution in [0.4, 0.5) is 0 Å². The van der Waals surface area contributed by atoms with E-state index in [4.69, 9.17) is 4.42 Å². The minimum Gasteiger partial charge on any atom is -0.443 e. The Hall–Kier alpha value is -1.95. The molecular formula is C11H9N3O2S.